The molecule has 0 aliphatic carbocycles. The van der Waals surface area contributed by atoms with E-state index in [4.69, 9.17) is 0 Å². The molecule has 1 aromatic rings. The van der Waals surface area contributed by atoms with Gasteiger partial charge >= 0.3 is 0 Å². The number of hydrogen-bond donors (Lipinski definition) is 1. The average Bonchev–Trinajstić information content (AvgIpc) is 2.27. The first-order valence-corrected chi connectivity index (χ1v) is 6.60. The molecule has 2 rings (SSSR count). The van der Waals surface area contributed by atoms with Gasteiger partial charge in [0.05, 0.1) is 11.3 Å². The van der Waals surface area contributed by atoms with Crippen LogP contribution in [0.1, 0.15) is 19.4 Å². The zero-order valence-electron chi connectivity index (χ0n) is 10.1. The Morgan fingerprint density at radius 1 is 1.35 bits per heavy atom. The minimum Gasteiger partial charge on any atom is -0.367 e. The third-order valence-electron chi connectivity index (χ3n) is 2.98. The number of hydrogen-bond acceptors (Lipinski definition) is 3. The third kappa shape index (κ3) is 2.80. The summed E-state index contributed by atoms with van der Waals surface area (Å²) in [5.41, 5.74) is 1.77. The fourth-order valence-electron chi connectivity index (χ4n) is 2.40. The van der Waals surface area contributed by atoms with E-state index in [1.165, 1.54) is 0 Å². The molecule has 17 heavy (non-hydrogen) atoms. The van der Waals surface area contributed by atoms with E-state index in [-0.39, 0.29) is 0 Å². The van der Waals surface area contributed by atoms with Crippen LogP contribution in [0.15, 0.2) is 22.7 Å². The smallest absolute Gasteiger partial charge is 0.101 e. The molecule has 1 heterocycles. The largest absolute Gasteiger partial charge is 0.367 e. The molecule has 0 amide bonds. The van der Waals surface area contributed by atoms with E-state index in [0.717, 1.165) is 28.8 Å². The predicted molar refractivity (Wildman–Crippen MR) is 73.1 cm³/mol. The van der Waals surface area contributed by atoms with E-state index < -0.39 is 0 Å². The lowest BCUT2D eigenvalue weighted by molar-refractivity contribution is 0.407. The van der Waals surface area contributed by atoms with Crippen LogP contribution in [-0.4, -0.2) is 25.2 Å². The normalized spacial score (nSPS) is 24.5. The van der Waals surface area contributed by atoms with E-state index in [1.807, 2.05) is 18.2 Å². The summed E-state index contributed by atoms with van der Waals surface area (Å²) in [6.45, 7) is 6.24. The molecule has 1 N–H and O–H groups in total. The summed E-state index contributed by atoms with van der Waals surface area (Å²) >= 11 is 3.40. The number of nitriles is 1. The number of nitrogens with zero attached hydrogens (tertiary/aromatic N) is 2. The van der Waals surface area contributed by atoms with Crippen molar-refractivity contribution in [3.63, 3.8) is 0 Å². The van der Waals surface area contributed by atoms with Crippen LogP contribution in [0.5, 0.6) is 0 Å². The lowest BCUT2D eigenvalue weighted by atomic mass is 10.1. The maximum Gasteiger partial charge on any atom is 0.101 e. The van der Waals surface area contributed by atoms with E-state index >= 15 is 0 Å². The quantitative estimate of drug-likeness (QED) is 0.865. The Labute approximate surface area is 111 Å². The fourth-order valence-corrected chi connectivity index (χ4v) is 2.76. The molecule has 2 unspecified atom stereocenters. The Morgan fingerprint density at radius 3 is 2.59 bits per heavy atom. The van der Waals surface area contributed by atoms with E-state index in [0.29, 0.717) is 12.1 Å². The van der Waals surface area contributed by atoms with Gasteiger partial charge in [0.1, 0.15) is 6.07 Å². The van der Waals surface area contributed by atoms with Gasteiger partial charge in [-0.3, -0.25) is 0 Å². The number of benzene rings is 1. The molecule has 0 aromatic heterocycles. The summed E-state index contributed by atoms with van der Waals surface area (Å²) in [5, 5.41) is 12.7. The first-order chi connectivity index (χ1) is 8.10. The third-order valence-corrected chi connectivity index (χ3v) is 3.47. The number of nitrogens with one attached hydrogen (secondary N) is 1. The monoisotopic (exact) mass is 293 g/mol. The van der Waals surface area contributed by atoms with E-state index in [2.05, 4.69) is 46.1 Å². The number of piperazine rings is 1. The average molecular weight is 294 g/mol. The molecule has 0 bridgehead atoms. The highest BCUT2D eigenvalue weighted by molar-refractivity contribution is 9.10. The van der Waals surface area contributed by atoms with Crippen LogP contribution in [0.3, 0.4) is 0 Å². The molecule has 2 atom stereocenters. The summed E-state index contributed by atoms with van der Waals surface area (Å²) in [7, 11) is 0. The Bertz CT molecular complexity index is 442. The van der Waals surface area contributed by atoms with Gasteiger partial charge in [-0.2, -0.15) is 5.26 Å². The summed E-state index contributed by atoms with van der Waals surface area (Å²) in [4.78, 5) is 2.29. The maximum atomic E-state index is 9.19. The van der Waals surface area contributed by atoms with Gasteiger partial charge in [0.15, 0.2) is 0 Å². The van der Waals surface area contributed by atoms with Gasteiger partial charge in [0.25, 0.3) is 0 Å². The molecular weight excluding hydrogens is 278 g/mol. The van der Waals surface area contributed by atoms with Gasteiger partial charge in [0.2, 0.25) is 0 Å². The van der Waals surface area contributed by atoms with Gasteiger partial charge in [-0.05, 0) is 32.0 Å². The summed E-state index contributed by atoms with van der Waals surface area (Å²) in [5.74, 6) is 0. The van der Waals surface area contributed by atoms with Gasteiger partial charge in [-0.25, -0.2) is 0 Å². The maximum absolute atomic E-state index is 9.19. The van der Waals surface area contributed by atoms with Gasteiger partial charge < -0.3 is 10.2 Å². The van der Waals surface area contributed by atoms with Crippen molar-refractivity contribution >= 4 is 21.6 Å². The first-order valence-electron chi connectivity index (χ1n) is 5.81. The van der Waals surface area contributed by atoms with Crippen LogP contribution >= 0.6 is 15.9 Å². The lowest BCUT2D eigenvalue weighted by Gasteiger charge is -2.38. The second-order valence-corrected chi connectivity index (χ2v) is 5.56. The molecule has 0 saturated carbocycles. The van der Waals surface area contributed by atoms with Gasteiger partial charge in [-0.15, -0.1) is 0 Å². The first kappa shape index (κ1) is 12.4. The van der Waals surface area contributed by atoms with Crippen LogP contribution in [0.4, 0.5) is 5.69 Å². The van der Waals surface area contributed by atoms with Crippen molar-refractivity contribution < 1.29 is 0 Å². The highest BCUT2D eigenvalue weighted by Gasteiger charge is 2.22. The molecule has 3 nitrogen and oxygen atoms in total. The standard InChI is InChI=1S/C13H16BrN3/c1-9-7-17(8-10(2)16-9)13-4-3-12(14)5-11(13)6-15/h3-5,9-10,16H,7-8H2,1-2H3. The molecular formula is C13H16BrN3. The molecule has 4 heteroatoms. The highest BCUT2D eigenvalue weighted by Crippen LogP contribution is 2.25. The minimum atomic E-state index is 0.453. The molecule has 0 spiro atoms. The van der Waals surface area contributed by atoms with Crippen LogP contribution in [0.2, 0.25) is 0 Å². The van der Waals surface area contributed by atoms with Gasteiger partial charge in [0, 0.05) is 29.6 Å². The predicted octanol–water partition coefficient (Wildman–Crippen LogP) is 2.51. The second-order valence-electron chi connectivity index (χ2n) is 4.65. The summed E-state index contributed by atoms with van der Waals surface area (Å²) in [6.07, 6.45) is 0. The van der Waals surface area contributed by atoms with Crippen LogP contribution < -0.4 is 10.2 Å². The number of anilines is 1. The highest BCUT2D eigenvalue weighted by atomic mass is 79.9. The Morgan fingerprint density at radius 2 is 2.00 bits per heavy atom. The zero-order valence-corrected chi connectivity index (χ0v) is 11.7. The van der Waals surface area contributed by atoms with Crippen molar-refractivity contribution in [2.45, 2.75) is 25.9 Å². The minimum absolute atomic E-state index is 0.453. The molecule has 1 fully saturated rings. The fraction of sp³-hybridized carbons (Fsp3) is 0.462. The molecule has 1 aromatic carbocycles. The van der Waals surface area contributed by atoms with Gasteiger partial charge in [-0.1, -0.05) is 15.9 Å². The molecule has 1 saturated heterocycles. The SMILES string of the molecule is CC1CN(c2ccc(Br)cc2C#N)CC(C)N1. The zero-order chi connectivity index (χ0) is 12.4. The van der Waals surface area contributed by atoms with Crippen molar-refractivity contribution in [1.29, 1.82) is 5.26 Å². The molecule has 0 radical (unpaired) electrons. The summed E-state index contributed by atoms with van der Waals surface area (Å²) in [6, 6.07) is 9.07. The summed E-state index contributed by atoms with van der Waals surface area (Å²) < 4.78 is 0.953. The van der Waals surface area contributed by atoms with Crippen molar-refractivity contribution in [3.05, 3.63) is 28.2 Å². The van der Waals surface area contributed by atoms with Crippen molar-refractivity contribution in [2.75, 3.05) is 18.0 Å². The topological polar surface area (TPSA) is 39.1 Å². The Hall–Kier alpha value is -1.05. The van der Waals surface area contributed by atoms with Crippen molar-refractivity contribution in [2.24, 2.45) is 0 Å². The Kier molecular flexibility index (Phi) is 3.70. The molecule has 90 valence electrons. The number of rotatable bonds is 1. The lowest BCUT2D eigenvalue weighted by Crippen LogP contribution is -2.54. The van der Waals surface area contributed by atoms with Crippen molar-refractivity contribution in [3.8, 4) is 6.07 Å². The van der Waals surface area contributed by atoms with E-state index in [9.17, 15) is 5.26 Å². The Balaban J connectivity index is 2.30. The van der Waals surface area contributed by atoms with E-state index in [1.54, 1.807) is 0 Å². The second kappa shape index (κ2) is 5.07. The number of halogens is 1. The molecule has 1 aliphatic rings. The van der Waals surface area contributed by atoms with Crippen LogP contribution in [-0.2, 0) is 0 Å². The van der Waals surface area contributed by atoms with Crippen LogP contribution in [0.25, 0.3) is 0 Å². The molecule has 1 aliphatic heterocycles. The van der Waals surface area contributed by atoms with Crippen LogP contribution in [0, 0.1) is 11.3 Å². The van der Waals surface area contributed by atoms with Crippen molar-refractivity contribution in [1.82, 2.24) is 5.32 Å².